The number of aromatic nitrogens is 6. The monoisotopic (exact) mass is 513 g/mol. The minimum atomic E-state index is -4.52. The topological polar surface area (TPSA) is 90.5 Å². The summed E-state index contributed by atoms with van der Waals surface area (Å²) in [5, 5.41) is 9.86. The standard InChI is InChI=1S/C25H23F4N7O/c1-14-9-17(26)16(10-19(14)35-11-20(30-12-35)24(3)7-8-24)23(37)33-21-6-4-5-18(32-21)22-34-31-13-36(22)15(2)25(27,28)29/h4-6,9-13,15H,7-8H2,1-3H3,(H,32,33,37)/t15-/m0/s1. The van der Waals surface area contributed by atoms with Crippen LogP contribution in [0.3, 0.4) is 0 Å². The van der Waals surface area contributed by atoms with Crippen molar-refractivity contribution in [3.63, 3.8) is 0 Å². The largest absolute Gasteiger partial charge is 0.408 e. The predicted molar refractivity (Wildman–Crippen MR) is 127 cm³/mol. The Morgan fingerprint density at radius 1 is 1.19 bits per heavy atom. The molecule has 1 saturated carbocycles. The van der Waals surface area contributed by atoms with Gasteiger partial charge in [-0.05, 0) is 56.5 Å². The Balaban J connectivity index is 1.41. The molecule has 1 aromatic carbocycles. The van der Waals surface area contributed by atoms with Gasteiger partial charge in [0.1, 0.15) is 29.7 Å². The molecule has 192 valence electrons. The predicted octanol–water partition coefficient (Wildman–Crippen LogP) is 5.40. The number of nitrogens with zero attached hydrogens (tertiary/aromatic N) is 6. The average molecular weight is 513 g/mol. The van der Waals surface area contributed by atoms with Crippen molar-refractivity contribution >= 4 is 11.7 Å². The number of nitrogens with one attached hydrogen (secondary N) is 1. The Hall–Kier alpha value is -4.09. The normalized spacial score (nSPS) is 15.4. The number of carbonyl (C=O) groups excluding carboxylic acids is 1. The van der Waals surface area contributed by atoms with Crippen LogP contribution in [-0.4, -0.2) is 41.4 Å². The summed E-state index contributed by atoms with van der Waals surface area (Å²) in [5.41, 5.74) is 2.07. The van der Waals surface area contributed by atoms with Crippen LogP contribution in [0.5, 0.6) is 0 Å². The molecular weight excluding hydrogens is 490 g/mol. The van der Waals surface area contributed by atoms with Gasteiger partial charge in [-0.15, -0.1) is 10.2 Å². The van der Waals surface area contributed by atoms with E-state index in [0.717, 1.165) is 36.4 Å². The first kappa shape index (κ1) is 24.6. The Morgan fingerprint density at radius 3 is 2.65 bits per heavy atom. The number of pyridine rings is 1. The highest BCUT2D eigenvalue weighted by Crippen LogP contribution is 2.46. The maximum absolute atomic E-state index is 14.8. The molecule has 5 rings (SSSR count). The van der Waals surface area contributed by atoms with E-state index in [1.165, 1.54) is 30.3 Å². The number of carbonyl (C=O) groups is 1. The number of hydrogen-bond acceptors (Lipinski definition) is 5. The molecule has 1 N–H and O–H groups in total. The van der Waals surface area contributed by atoms with Crippen LogP contribution in [0.1, 0.15) is 54.3 Å². The highest BCUT2D eigenvalue weighted by molar-refractivity contribution is 6.04. The molecule has 0 bridgehead atoms. The van der Waals surface area contributed by atoms with Gasteiger partial charge in [0, 0.05) is 11.6 Å². The lowest BCUT2D eigenvalue weighted by atomic mass is 10.1. The molecule has 1 amide bonds. The zero-order chi connectivity index (χ0) is 26.5. The van der Waals surface area contributed by atoms with Gasteiger partial charge in [-0.1, -0.05) is 13.0 Å². The third-order valence-electron chi connectivity index (χ3n) is 6.69. The third kappa shape index (κ3) is 4.70. The molecule has 3 aromatic heterocycles. The second-order valence-corrected chi connectivity index (χ2v) is 9.49. The number of alkyl halides is 3. The Kier molecular flexibility index (Phi) is 5.84. The van der Waals surface area contributed by atoms with Crippen molar-refractivity contribution in [3.8, 4) is 17.2 Å². The van der Waals surface area contributed by atoms with Crippen LogP contribution >= 0.6 is 0 Å². The highest BCUT2D eigenvalue weighted by Gasteiger charge is 2.41. The summed E-state index contributed by atoms with van der Waals surface area (Å²) < 4.78 is 57.1. The number of hydrogen-bond donors (Lipinski definition) is 1. The molecule has 12 heteroatoms. The van der Waals surface area contributed by atoms with Crippen molar-refractivity contribution in [3.05, 3.63) is 71.8 Å². The fraction of sp³-hybridized carbons (Fsp3) is 0.320. The number of benzene rings is 1. The van der Waals surface area contributed by atoms with Crippen molar-refractivity contribution in [2.75, 3.05) is 5.32 Å². The third-order valence-corrected chi connectivity index (χ3v) is 6.69. The minimum Gasteiger partial charge on any atom is -0.306 e. The maximum atomic E-state index is 14.8. The van der Waals surface area contributed by atoms with Gasteiger partial charge in [-0.25, -0.2) is 14.4 Å². The van der Waals surface area contributed by atoms with Gasteiger partial charge in [0.15, 0.2) is 5.82 Å². The molecule has 0 radical (unpaired) electrons. The van der Waals surface area contributed by atoms with Crippen LogP contribution in [-0.2, 0) is 5.41 Å². The van der Waals surface area contributed by atoms with Crippen LogP contribution in [0.15, 0.2) is 49.2 Å². The van der Waals surface area contributed by atoms with Gasteiger partial charge in [-0.3, -0.25) is 4.79 Å². The molecule has 1 aliphatic rings. The van der Waals surface area contributed by atoms with Crippen molar-refractivity contribution in [1.82, 2.24) is 29.3 Å². The molecule has 0 spiro atoms. The first-order valence-electron chi connectivity index (χ1n) is 11.6. The van der Waals surface area contributed by atoms with E-state index in [-0.39, 0.29) is 28.3 Å². The molecular formula is C25H23F4N7O. The van der Waals surface area contributed by atoms with E-state index in [1.54, 1.807) is 17.8 Å². The zero-order valence-electron chi connectivity index (χ0n) is 20.2. The molecule has 0 saturated heterocycles. The van der Waals surface area contributed by atoms with E-state index in [9.17, 15) is 22.4 Å². The first-order chi connectivity index (χ1) is 17.5. The smallest absolute Gasteiger partial charge is 0.306 e. The van der Waals surface area contributed by atoms with E-state index in [0.29, 0.717) is 11.3 Å². The number of anilines is 1. The summed E-state index contributed by atoms with van der Waals surface area (Å²) in [7, 11) is 0. The molecule has 1 fully saturated rings. The van der Waals surface area contributed by atoms with Crippen LogP contribution in [0.25, 0.3) is 17.2 Å². The van der Waals surface area contributed by atoms with Crippen LogP contribution in [0.2, 0.25) is 0 Å². The van der Waals surface area contributed by atoms with E-state index < -0.39 is 23.9 Å². The molecule has 3 heterocycles. The second kappa shape index (κ2) is 8.79. The Bertz CT molecular complexity index is 1490. The molecule has 0 unspecified atom stereocenters. The van der Waals surface area contributed by atoms with E-state index in [1.807, 2.05) is 6.20 Å². The van der Waals surface area contributed by atoms with Crippen LogP contribution in [0, 0.1) is 12.7 Å². The summed E-state index contributed by atoms with van der Waals surface area (Å²) in [6, 6.07) is 5.21. The van der Waals surface area contributed by atoms with Gasteiger partial charge in [0.2, 0.25) is 0 Å². The van der Waals surface area contributed by atoms with Gasteiger partial charge < -0.3 is 14.5 Å². The number of halogens is 4. The molecule has 37 heavy (non-hydrogen) atoms. The molecule has 8 nitrogen and oxygen atoms in total. The maximum Gasteiger partial charge on any atom is 0.408 e. The van der Waals surface area contributed by atoms with E-state index >= 15 is 0 Å². The number of imidazole rings is 1. The van der Waals surface area contributed by atoms with Crippen LogP contribution < -0.4 is 5.32 Å². The van der Waals surface area contributed by atoms with Crippen molar-refractivity contribution in [1.29, 1.82) is 0 Å². The molecule has 1 aliphatic carbocycles. The number of amides is 1. The fourth-order valence-corrected chi connectivity index (χ4v) is 4.00. The van der Waals surface area contributed by atoms with Gasteiger partial charge >= 0.3 is 6.18 Å². The fourth-order valence-electron chi connectivity index (χ4n) is 4.00. The minimum absolute atomic E-state index is 0.0183. The van der Waals surface area contributed by atoms with Crippen molar-refractivity contribution in [2.24, 2.45) is 0 Å². The highest BCUT2D eigenvalue weighted by atomic mass is 19.4. The molecule has 1 atom stereocenters. The van der Waals surface area contributed by atoms with Crippen LogP contribution in [0.4, 0.5) is 23.4 Å². The summed E-state index contributed by atoms with van der Waals surface area (Å²) in [5.74, 6) is -1.58. The van der Waals surface area contributed by atoms with Gasteiger partial charge in [0.05, 0.1) is 23.3 Å². The summed E-state index contributed by atoms with van der Waals surface area (Å²) in [6.07, 6.45) is 2.09. The van der Waals surface area contributed by atoms with Gasteiger partial charge in [-0.2, -0.15) is 13.2 Å². The van der Waals surface area contributed by atoms with Gasteiger partial charge in [0.25, 0.3) is 5.91 Å². The van der Waals surface area contributed by atoms with E-state index in [4.69, 9.17) is 0 Å². The molecule has 0 aliphatic heterocycles. The SMILES string of the molecule is Cc1cc(F)c(C(=O)Nc2cccc(-c3nncn3[C@@H](C)C(F)(F)F)n2)cc1-n1cnc(C2(C)CC2)c1. The summed E-state index contributed by atoms with van der Waals surface area (Å²) >= 11 is 0. The second-order valence-electron chi connectivity index (χ2n) is 9.49. The lowest BCUT2D eigenvalue weighted by Gasteiger charge is -2.18. The summed E-state index contributed by atoms with van der Waals surface area (Å²) in [6.45, 7) is 4.84. The lowest BCUT2D eigenvalue weighted by molar-refractivity contribution is -0.162. The number of rotatable bonds is 6. The first-order valence-corrected chi connectivity index (χ1v) is 11.6. The zero-order valence-corrected chi connectivity index (χ0v) is 20.2. The Labute approximate surface area is 209 Å². The van der Waals surface area contributed by atoms with Crippen molar-refractivity contribution in [2.45, 2.75) is 51.2 Å². The lowest BCUT2D eigenvalue weighted by Crippen LogP contribution is -2.24. The van der Waals surface area contributed by atoms with Crippen molar-refractivity contribution < 1.29 is 22.4 Å². The van der Waals surface area contributed by atoms with E-state index in [2.05, 4.69) is 32.4 Å². The number of aryl methyl sites for hydroxylation is 1. The summed E-state index contributed by atoms with van der Waals surface area (Å²) in [4.78, 5) is 21.7. The molecule has 4 aromatic rings. The quantitative estimate of drug-likeness (QED) is 0.349. The Morgan fingerprint density at radius 2 is 1.95 bits per heavy atom. The average Bonchev–Trinajstić information content (AvgIpc) is 3.24.